The third kappa shape index (κ3) is 3.54. The Hall–Kier alpha value is -3.91. The molecule has 1 N–H and O–H groups in total. The number of carboxylic acids is 1. The van der Waals surface area contributed by atoms with Crippen molar-refractivity contribution in [1.29, 1.82) is 5.26 Å². The van der Waals surface area contributed by atoms with Gasteiger partial charge in [0.25, 0.3) is 0 Å². The summed E-state index contributed by atoms with van der Waals surface area (Å²) in [7, 11) is 0. The molecule has 0 heterocycles. The van der Waals surface area contributed by atoms with E-state index in [0.29, 0.717) is 17.1 Å². The molecule has 3 aromatic rings. The minimum atomic E-state index is -1.29. The maximum atomic E-state index is 12.6. The van der Waals surface area contributed by atoms with Gasteiger partial charge in [-0.3, -0.25) is 9.79 Å². The lowest BCUT2D eigenvalue weighted by Crippen LogP contribution is -2.29. The standard InChI is InChI=1S/C27H24N2O3/c1-26(2)24(18-29-20-11-5-3-6-12-20)27(26,25(30)31)23(17-28)19-10-9-15-22(16-19)32-21-13-7-4-8-14-21/h3-16,18,23-24H,1-2H3,(H,30,31). The summed E-state index contributed by atoms with van der Waals surface area (Å²) in [6.07, 6.45) is 1.69. The molecule has 32 heavy (non-hydrogen) atoms. The third-order valence-electron chi connectivity index (χ3n) is 6.49. The molecule has 4 rings (SSSR count). The van der Waals surface area contributed by atoms with Gasteiger partial charge in [-0.05, 0) is 47.4 Å². The number of ether oxygens (including phenoxy) is 1. The van der Waals surface area contributed by atoms with Gasteiger partial charge < -0.3 is 9.84 Å². The zero-order valence-corrected chi connectivity index (χ0v) is 18.0. The fourth-order valence-electron chi connectivity index (χ4n) is 4.72. The Kier molecular flexibility index (Phi) is 5.54. The van der Waals surface area contributed by atoms with E-state index < -0.39 is 28.6 Å². The summed E-state index contributed by atoms with van der Waals surface area (Å²) in [5.74, 6) is -1.02. The van der Waals surface area contributed by atoms with Crippen molar-refractivity contribution in [2.24, 2.45) is 21.7 Å². The van der Waals surface area contributed by atoms with E-state index in [0.717, 1.165) is 5.69 Å². The Labute approximate surface area is 187 Å². The van der Waals surface area contributed by atoms with E-state index in [-0.39, 0.29) is 0 Å². The van der Waals surface area contributed by atoms with Gasteiger partial charge >= 0.3 is 5.97 Å². The molecule has 0 amide bonds. The molecule has 0 aromatic heterocycles. The van der Waals surface area contributed by atoms with Crippen LogP contribution in [-0.2, 0) is 4.79 Å². The number of hydrogen-bond donors (Lipinski definition) is 1. The van der Waals surface area contributed by atoms with Crippen LogP contribution in [0.3, 0.4) is 0 Å². The first-order valence-corrected chi connectivity index (χ1v) is 10.5. The summed E-state index contributed by atoms with van der Waals surface area (Å²) < 4.78 is 5.91. The van der Waals surface area contributed by atoms with Crippen molar-refractivity contribution in [3.63, 3.8) is 0 Å². The smallest absolute Gasteiger partial charge is 0.312 e. The van der Waals surface area contributed by atoms with Gasteiger partial charge in [-0.1, -0.05) is 62.4 Å². The van der Waals surface area contributed by atoms with Crippen LogP contribution in [0.4, 0.5) is 5.69 Å². The molecule has 5 heteroatoms. The van der Waals surface area contributed by atoms with Crippen molar-refractivity contribution in [2.45, 2.75) is 19.8 Å². The first-order valence-electron chi connectivity index (χ1n) is 10.5. The first kappa shape index (κ1) is 21.3. The summed E-state index contributed by atoms with van der Waals surface area (Å²) >= 11 is 0. The average Bonchev–Trinajstić information content (AvgIpc) is 3.30. The van der Waals surface area contributed by atoms with Crippen LogP contribution in [0.2, 0.25) is 0 Å². The minimum Gasteiger partial charge on any atom is -0.481 e. The van der Waals surface area contributed by atoms with E-state index in [2.05, 4.69) is 11.1 Å². The van der Waals surface area contributed by atoms with Gasteiger partial charge in [-0.15, -0.1) is 0 Å². The molecule has 0 aliphatic heterocycles. The molecular weight excluding hydrogens is 400 g/mol. The Morgan fingerprint density at radius 1 is 1.03 bits per heavy atom. The maximum Gasteiger partial charge on any atom is 0.312 e. The van der Waals surface area contributed by atoms with Gasteiger partial charge in [0.1, 0.15) is 16.9 Å². The van der Waals surface area contributed by atoms with E-state index >= 15 is 0 Å². The van der Waals surface area contributed by atoms with Crippen molar-refractivity contribution in [2.75, 3.05) is 0 Å². The van der Waals surface area contributed by atoms with Gasteiger partial charge in [-0.2, -0.15) is 5.26 Å². The first-order chi connectivity index (χ1) is 15.4. The fourth-order valence-corrected chi connectivity index (χ4v) is 4.72. The number of nitriles is 1. The number of para-hydroxylation sites is 2. The second-order valence-corrected chi connectivity index (χ2v) is 8.54. The van der Waals surface area contributed by atoms with E-state index in [4.69, 9.17) is 4.74 Å². The molecule has 1 aliphatic carbocycles. The molecule has 1 saturated carbocycles. The zero-order valence-electron chi connectivity index (χ0n) is 18.0. The van der Waals surface area contributed by atoms with Crippen molar-refractivity contribution in [1.82, 2.24) is 0 Å². The van der Waals surface area contributed by atoms with Crippen LogP contribution < -0.4 is 4.74 Å². The van der Waals surface area contributed by atoms with Crippen LogP contribution in [0.1, 0.15) is 25.3 Å². The largest absolute Gasteiger partial charge is 0.481 e. The van der Waals surface area contributed by atoms with Gasteiger partial charge in [0.2, 0.25) is 0 Å². The molecule has 3 atom stereocenters. The van der Waals surface area contributed by atoms with Crippen molar-refractivity contribution >= 4 is 17.9 Å². The number of benzene rings is 3. The third-order valence-corrected chi connectivity index (χ3v) is 6.49. The molecule has 1 fully saturated rings. The number of nitrogens with zero attached hydrogens (tertiary/aromatic N) is 2. The second-order valence-electron chi connectivity index (χ2n) is 8.54. The summed E-state index contributed by atoms with van der Waals surface area (Å²) in [4.78, 5) is 17.1. The van der Waals surface area contributed by atoms with Crippen molar-refractivity contribution in [3.05, 3.63) is 90.5 Å². The maximum absolute atomic E-state index is 12.6. The topological polar surface area (TPSA) is 82.7 Å². The molecule has 0 spiro atoms. The number of carboxylic acid groups (broad SMARTS) is 1. The second kappa shape index (κ2) is 8.32. The molecule has 5 nitrogen and oxygen atoms in total. The summed E-state index contributed by atoms with van der Waals surface area (Å²) in [6, 6.07) is 28.1. The summed E-state index contributed by atoms with van der Waals surface area (Å²) in [5, 5.41) is 20.5. The van der Waals surface area contributed by atoms with Crippen molar-refractivity contribution in [3.8, 4) is 17.6 Å². The minimum absolute atomic E-state index is 0.393. The van der Waals surface area contributed by atoms with E-state index in [9.17, 15) is 15.2 Å². The highest BCUT2D eigenvalue weighted by Gasteiger charge is 2.79. The van der Waals surface area contributed by atoms with Gasteiger partial charge in [-0.25, -0.2) is 0 Å². The van der Waals surface area contributed by atoms with Gasteiger partial charge in [0, 0.05) is 12.1 Å². The molecule has 3 unspecified atom stereocenters. The highest BCUT2D eigenvalue weighted by atomic mass is 16.5. The molecule has 0 radical (unpaired) electrons. The number of aliphatic imine (C=N–C) groups is 1. The molecule has 0 saturated heterocycles. The van der Waals surface area contributed by atoms with Crippen LogP contribution >= 0.6 is 0 Å². The average molecular weight is 425 g/mol. The van der Waals surface area contributed by atoms with Crippen LogP contribution in [0, 0.1) is 28.1 Å². The Morgan fingerprint density at radius 2 is 1.66 bits per heavy atom. The summed E-state index contributed by atoms with van der Waals surface area (Å²) in [6.45, 7) is 3.77. The predicted octanol–water partition coefficient (Wildman–Crippen LogP) is 6.22. The number of hydrogen-bond acceptors (Lipinski definition) is 4. The van der Waals surface area contributed by atoms with Crippen LogP contribution in [-0.4, -0.2) is 17.3 Å². The number of rotatable bonds is 7. The predicted molar refractivity (Wildman–Crippen MR) is 123 cm³/mol. The van der Waals surface area contributed by atoms with Crippen LogP contribution in [0.15, 0.2) is 89.9 Å². The Bertz CT molecular complexity index is 1180. The monoisotopic (exact) mass is 424 g/mol. The lowest BCUT2D eigenvalue weighted by atomic mass is 9.78. The molecular formula is C27H24N2O3. The lowest BCUT2D eigenvalue weighted by molar-refractivity contribution is -0.145. The lowest BCUT2D eigenvalue weighted by Gasteiger charge is -2.22. The number of aliphatic carboxylic acids is 1. The Morgan fingerprint density at radius 3 is 2.28 bits per heavy atom. The van der Waals surface area contributed by atoms with Gasteiger partial charge in [0.05, 0.1) is 17.7 Å². The molecule has 1 aliphatic rings. The fraction of sp³-hybridized carbons (Fsp3) is 0.222. The number of carbonyl (C=O) groups is 1. The summed E-state index contributed by atoms with van der Waals surface area (Å²) in [5.41, 5.74) is -0.563. The van der Waals surface area contributed by atoms with Gasteiger partial charge in [0.15, 0.2) is 0 Å². The highest BCUT2D eigenvalue weighted by Crippen LogP contribution is 2.74. The van der Waals surface area contributed by atoms with E-state index in [1.165, 1.54) is 0 Å². The SMILES string of the molecule is CC1(C)C(C=Nc2ccccc2)C1(C(=O)O)C(C#N)c1cccc(Oc2ccccc2)c1. The van der Waals surface area contributed by atoms with Crippen molar-refractivity contribution < 1.29 is 14.6 Å². The molecule has 0 bridgehead atoms. The normalized spacial score (nSPS) is 22.1. The van der Waals surface area contributed by atoms with Crippen LogP contribution in [0.5, 0.6) is 11.5 Å². The zero-order chi connectivity index (χ0) is 22.8. The van der Waals surface area contributed by atoms with E-state index in [1.807, 2.05) is 74.5 Å². The Balaban J connectivity index is 1.68. The quantitative estimate of drug-likeness (QED) is 0.457. The molecule has 3 aromatic carbocycles. The molecule has 160 valence electrons. The van der Waals surface area contributed by atoms with Crippen LogP contribution in [0.25, 0.3) is 0 Å². The highest BCUT2D eigenvalue weighted by molar-refractivity contribution is 5.91. The van der Waals surface area contributed by atoms with E-state index in [1.54, 1.807) is 30.5 Å².